The molecule has 0 aromatic carbocycles. The molecule has 0 aliphatic heterocycles. The summed E-state index contributed by atoms with van der Waals surface area (Å²) in [5.41, 5.74) is 5.62. The van der Waals surface area contributed by atoms with Crippen LogP contribution in [0.3, 0.4) is 0 Å². The molecule has 0 radical (unpaired) electrons. The van der Waals surface area contributed by atoms with Crippen LogP contribution in [0.4, 0.5) is 5.82 Å². The summed E-state index contributed by atoms with van der Waals surface area (Å²) in [5, 5.41) is 13.1. The fraction of sp³-hybridized carbons (Fsp3) is 0.450. The summed E-state index contributed by atoms with van der Waals surface area (Å²) < 4.78 is 0. The van der Waals surface area contributed by atoms with E-state index in [1.54, 1.807) is 12.4 Å². The van der Waals surface area contributed by atoms with Gasteiger partial charge in [0.2, 0.25) is 0 Å². The second-order valence-corrected chi connectivity index (χ2v) is 6.87. The van der Waals surface area contributed by atoms with E-state index in [1.807, 2.05) is 12.1 Å². The van der Waals surface area contributed by atoms with E-state index in [9.17, 15) is 5.26 Å². The molecule has 1 aliphatic rings. The van der Waals surface area contributed by atoms with Crippen LogP contribution in [0.5, 0.6) is 0 Å². The first kappa shape index (κ1) is 16.4. The molecule has 4 heteroatoms. The molecule has 1 aliphatic carbocycles. The Kier molecular flexibility index (Phi) is 5.10. The SMILES string of the molecule is CC(C)Cc1nc(NCc2ccncc2)c(C#N)c2c1CCCC2. The van der Waals surface area contributed by atoms with E-state index in [1.165, 1.54) is 23.2 Å². The second-order valence-electron chi connectivity index (χ2n) is 6.87. The van der Waals surface area contributed by atoms with Crippen LogP contribution in [-0.2, 0) is 25.8 Å². The van der Waals surface area contributed by atoms with Gasteiger partial charge in [0.25, 0.3) is 0 Å². The highest BCUT2D eigenvalue weighted by molar-refractivity contribution is 5.60. The molecule has 2 aromatic rings. The van der Waals surface area contributed by atoms with Crippen molar-refractivity contribution in [3.8, 4) is 6.07 Å². The topological polar surface area (TPSA) is 61.6 Å². The van der Waals surface area contributed by atoms with Gasteiger partial charge in [0.1, 0.15) is 11.9 Å². The molecule has 0 spiro atoms. The summed E-state index contributed by atoms with van der Waals surface area (Å²) in [6, 6.07) is 6.36. The highest BCUT2D eigenvalue weighted by Gasteiger charge is 2.22. The van der Waals surface area contributed by atoms with Crippen LogP contribution in [0.1, 0.15) is 54.6 Å². The number of fused-ring (bicyclic) bond motifs is 1. The smallest absolute Gasteiger partial charge is 0.144 e. The Morgan fingerprint density at radius 2 is 1.88 bits per heavy atom. The van der Waals surface area contributed by atoms with Gasteiger partial charge in [-0.05, 0) is 66.8 Å². The first-order valence-corrected chi connectivity index (χ1v) is 8.76. The fourth-order valence-corrected chi connectivity index (χ4v) is 3.39. The van der Waals surface area contributed by atoms with Gasteiger partial charge in [-0.15, -0.1) is 0 Å². The van der Waals surface area contributed by atoms with Crippen LogP contribution < -0.4 is 5.32 Å². The molecule has 0 saturated carbocycles. The van der Waals surface area contributed by atoms with E-state index in [2.05, 4.69) is 30.2 Å². The number of nitrogens with zero attached hydrogens (tertiary/aromatic N) is 3. The Morgan fingerprint density at radius 3 is 2.54 bits per heavy atom. The Bertz CT molecular complexity index is 744. The molecule has 0 atom stereocenters. The summed E-state index contributed by atoms with van der Waals surface area (Å²) in [6.45, 7) is 5.10. The summed E-state index contributed by atoms with van der Waals surface area (Å²) >= 11 is 0. The van der Waals surface area contributed by atoms with E-state index in [-0.39, 0.29) is 0 Å². The number of anilines is 1. The monoisotopic (exact) mass is 320 g/mol. The van der Waals surface area contributed by atoms with Crippen LogP contribution >= 0.6 is 0 Å². The molecule has 0 fully saturated rings. The van der Waals surface area contributed by atoms with E-state index >= 15 is 0 Å². The molecule has 3 rings (SSSR count). The molecule has 0 amide bonds. The zero-order chi connectivity index (χ0) is 16.9. The van der Waals surface area contributed by atoms with Crippen molar-refractivity contribution in [2.45, 2.75) is 52.5 Å². The van der Waals surface area contributed by atoms with Gasteiger partial charge in [-0.1, -0.05) is 13.8 Å². The molecule has 2 heterocycles. The molecule has 0 bridgehead atoms. The zero-order valence-electron chi connectivity index (χ0n) is 14.5. The Morgan fingerprint density at radius 1 is 1.17 bits per heavy atom. The molecule has 0 unspecified atom stereocenters. The van der Waals surface area contributed by atoms with Crippen LogP contribution in [0, 0.1) is 17.2 Å². The number of aromatic nitrogens is 2. The molecule has 124 valence electrons. The first-order valence-electron chi connectivity index (χ1n) is 8.76. The Labute approximate surface area is 144 Å². The van der Waals surface area contributed by atoms with Crippen molar-refractivity contribution >= 4 is 5.82 Å². The third-order valence-corrected chi connectivity index (χ3v) is 4.52. The van der Waals surface area contributed by atoms with E-state index in [4.69, 9.17) is 4.98 Å². The summed E-state index contributed by atoms with van der Waals surface area (Å²) in [5.74, 6) is 1.30. The van der Waals surface area contributed by atoms with Crippen LogP contribution in [0.2, 0.25) is 0 Å². The van der Waals surface area contributed by atoms with Gasteiger partial charge in [0.05, 0.1) is 5.56 Å². The van der Waals surface area contributed by atoms with Gasteiger partial charge in [0.15, 0.2) is 0 Å². The Hall–Kier alpha value is -2.41. The average molecular weight is 320 g/mol. The standard InChI is InChI=1S/C20H24N4/c1-14(2)11-19-17-6-4-3-5-16(17)18(12-21)20(24-19)23-13-15-7-9-22-10-8-15/h7-10,14H,3-6,11,13H2,1-2H3,(H,23,24). The van der Waals surface area contributed by atoms with E-state index < -0.39 is 0 Å². The van der Waals surface area contributed by atoms with Crippen molar-refractivity contribution < 1.29 is 0 Å². The average Bonchev–Trinajstić information content (AvgIpc) is 2.60. The number of pyridine rings is 2. The Balaban J connectivity index is 1.96. The minimum atomic E-state index is 0.560. The van der Waals surface area contributed by atoms with Crippen molar-refractivity contribution in [3.05, 3.63) is 52.5 Å². The predicted octanol–water partition coefficient (Wildman–Crippen LogP) is 4.04. The first-order chi connectivity index (χ1) is 11.7. The van der Waals surface area contributed by atoms with E-state index in [0.717, 1.165) is 42.6 Å². The number of hydrogen-bond donors (Lipinski definition) is 1. The third kappa shape index (κ3) is 3.56. The lowest BCUT2D eigenvalue weighted by Crippen LogP contribution is -2.16. The highest BCUT2D eigenvalue weighted by Crippen LogP contribution is 2.31. The van der Waals surface area contributed by atoms with Crippen LogP contribution in [0.15, 0.2) is 24.5 Å². The maximum absolute atomic E-state index is 9.70. The van der Waals surface area contributed by atoms with Gasteiger partial charge in [-0.3, -0.25) is 4.98 Å². The molecule has 2 aromatic heterocycles. The largest absolute Gasteiger partial charge is 0.365 e. The molecule has 1 N–H and O–H groups in total. The quantitative estimate of drug-likeness (QED) is 0.903. The van der Waals surface area contributed by atoms with Gasteiger partial charge >= 0.3 is 0 Å². The highest BCUT2D eigenvalue weighted by atomic mass is 15.0. The maximum Gasteiger partial charge on any atom is 0.144 e. The van der Waals surface area contributed by atoms with Crippen molar-refractivity contribution in [1.82, 2.24) is 9.97 Å². The van der Waals surface area contributed by atoms with Crippen molar-refractivity contribution in [3.63, 3.8) is 0 Å². The van der Waals surface area contributed by atoms with Gasteiger partial charge in [0, 0.05) is 24.6 Å². The lowest BCUT2D eigenvalue weighted by Gasteiger charge is -2.23. The van der Waals surface area contributed by atoms with Crippen LogP contribution in [0.25, 0.3) is 0 Å². The lowest BCUT2D eigenvalue weighted by molar-refractivity contribution is 0.611. The van der Waals surface area contributed by atoms with Crippen molar-refractivity contribution in [1.29, 1.82) is 5.26 Å². The second kappa shape index (κ2) is 7.44. The number of nitrogens with one attached hydrogen (secondary N) is 1. The lowest BCUT2D eigenvalue weighted by atomic mass is 9.86. The minimum absolute atomic E-state index is 0.560. The minimum Gasteiger partial charge on any atom is -0.365 e. The zero-order valence-corrected chi connectivity index (χ0v) is 14.5. The molecular weight excluding hydrogens is 296 g/mol. The molecule has 0 saturated heterocycles. The molecular formula is C20H24N4. The van der Waals surface area contributed by atoms with Gasteiger partial charge < -0.3 is 5.32 Å². The normalized spacial score (nSPS) is 13.4. The summed E-state index contributed by atoms with van der Waals surface area (Å²) in [4.78, 5) is 8.91. The number of nitriles is 1. The van der Waals surface area contributed by atoms with Crippen molar-refractivity contribution in [2.24, 2.45) is 5.92 Å². The maximum atomic E-state index is 9.70. The summed E-state index contributed by atoms with van der Waals surface area (Å²) in [6.07, 6.45) is 8.96. The third-order valence-electron chi connectivity index (χ3n) is 4.52. The predicted molar refractivity (Wildman–Crippen MR) is 95.7 cm³/mol. The fourth-order valence-electron chi connectivity index (χ4n) is 3.39. The van der Waals surface area contributed by atoms with Gasteiger partial charge in [-0.25, -0.2) is 4.98 Å². The molecule has 24 heavy (non-hydrogen) atoms. The van der Waals surface area contributed by atoms with Crippen LogP contribution in [-0.4, -0.2) is 9.97 Å². The van der Waals surface area contributed by atoms with E-state index in [0.29, 0.717) is 12.5 Å². The summed E-state index contributed by atoms with van der Waals surface area (Å²) in [7, 11) is 0. The van der Waals surface area contributed by atoms with Crippen molar-refractivity contribution in [2.75, 3.05) is 5.32 Å². The molecule has 4 nitrogen and oxygen atoms in total. The number of rotatable bonds is 5. The van der Waals surface area contributed by atoms with Gasteiger partial charge in [-0.2, -0.15) is 5.26 Å². The number of hydrogen-bond acceptors (Lipinski definition) is 4.